The number of rotatable bonds is 2. The van der Waals surface area contributed by atoms with Crippen LogP contribution in [0, 0.1) is 0 Å². The lowest BCUT2D eigenvalue weighted by Crippen LogP contribution is -2.26. The molecule has 3 rings (SSSR count). The van der Waals surface area contributed by atoms with Gasteiger partial charge in [0.15, 0.2) is 0 Å². The molecule has 1 aliphatic rings. The first-order chi connectivity index (χ1) is 8.56. The van der Waals surface area contributed by atoms with E-state index >= 15 is 0 Å². The van der Waals surface area contributed by atoms with E-state index < -0.39 is 10.0 Å². The minimum atomic E-state index is -3.24. The molecule has 0 aliphatic heterocycles. The summed E-state index contributed by atoms with van der Waals surface area (Å²) in [5, 5.41) is 0. The van der Waals surface area contributed by atoms with Crippen molar-refractivity contribution in [2.45, 2.75) is 6.04 Å². The fourth-order valence-corrected chi connectivity index (χ4v) is 3.18. The quantitative estimate of drug-likeness (QED) is 0.899. The number of hydrogen-bond donors (Lipinski definition) is 1. The van der Waals surface area contributed by atoms with Gasteiger partial charge < -0.3 is 0 Å². The van der Waals surface area contributed by atoms with Crippen molar-refractivity contribution in [3.8, 4) is 11.1 Å². The Morgan fingerprint density at radius 3 is 1.78 bits per heavy atom. The maximum absolute atomic E-state index is 11.5. The van der Waals surface area contributed by atoms with Gasteiger partial charge >= 0.3 is 0 Å². The maximum atomic E-state index is 11.5. The predicted molar refractivity (Wildman–Crippen MR) is 71.7 cm³/mol. The molecule has 0 spiro atoms. The molecule has 0 radical (unpaired) electrons. The molecule has 2 aromatic carbocycles. The van der Waals surface area contributed by atoms with Gasteiger partial charge in [0, 0.05) is 0 Å². The Labute approximate surface area is 107 Å². The van der Waals surface area contributed by atoms with Crippen LogP contribution in [0.2, 0.25) is 0 Å². The molecule has 18 heavy (non-hydrogen) atoms. The van der Waals surface area contributed by atoms with E-state index in [-0.39, 0.29) is 6.04 Å². The molecule has 0 heterocycles. The standard InChI is InChI=1S/C14H13NO2S/c1-18(16,17)15-14-12-8-4-2-6-10(12)11-7-3-5-9-13(11)14/h2-9,14-15H,1H3. The molecular weight excluding hydrogens is 246 g/mol. The van der Waals surface area contributed by atoms with E-state index in [0.717, 1.165) is 22.3 Å². The Morgan fingerprint density at radius 1 is 0.889 bits per heavy atom. The van der Waals surface area contributed by atoms with Gasteiger partial charge in [0.05, 0.1) is 12.3 Å². The molecule has 1 N–H and O–H groups in total. The van der Waals surface area contributed by atoms with Crippen molar-refractivity contribution in [3.63, 3.8) is 0 Å². The van der Waals surface area contributed by atoms with Crippen molar-refractivity contribution >= 4 is 10.0 Å². The maximum Gasteiger partial charge on any atom is 0.209 e. The van der Waals surface area contributed by atoms with Crippen LogP contribution in [0.4, 0.5) is 0 Å². The second-order valence-electron chi connectivity index (χ2n) is 4.50. The van der Waals surface area contributed by atoms with E-state index in [9.17, 15) is 8.42 Å². The summed E-state index contributed by atoms with van der Waals surface area (Å²) >= 11 is 0. The Morgan fingerprint density at radius 2 is 1.33 bits per heavy atom. The first kappa shape index (κ1) is 11.4. The number of fused-ring (bicyclic) bond motifs is 3. The van der Waals surface area contributed by atoms with Gasteiger partial charge in [-0.25, -0.2) is 13.1 Å². The highest BCUT2D eigenvalue weighted by Gasteiger charge is 2.29. The van der Waals surface area contributed by atoms with Crippen LogP contribution < -0.4 is 4.72 Å². The van der Waals surface area contributed by atoms with E-state index in [1.165, 1.54) is 6.26 Å². The third-order valence-electron chi connectivity index (χ3n) is 3.17. The molecule has 0 saturated carbocycles. The van der Waals surface area contributed by atoms with E-state index in [1.54, 1.807) is 0 Å². The molecule has 1 aliphatic carbocycles. The number of sulfonamides is 1. The molecule has 0 amide bonds. The Bertz CT molecular complexity index is 662. The van der Waals surface area contributed by atoms with E-state index in [4.69, 9.17) is 0 Å². The minimum absolute atomic E-state index is 0.271. The topological polar surface area (TPSA) is 46.2 Å². The number of hydrogen-bond acceptors (Lipinski definition) is 2. The smallest absolute Gasteiger partial charge is 0.209 e. The molecule has 0 atom stereocenters. The van der Waals surface area contributed by atoms with Gasteiger partial charge in [0.25, 0.3) is 0 Å². The van der Waals surface area contributed by atoms with Crippen molar-refractivity contribution in [2.75, 3.05) is 6.26 Å². The van der Waals surface area contributed by atoms with Crippen LogP contribution in [0.25, 0.3) is 11.1 Å². The summed E-state index contributed by atoms with van der Waals surface area (Å²) in [6.45, 7) is 0. The van der Waals surface area contributed by atoms with Crippen molar-refractivity contribution in [1.29, 1.82) is 0 Å². The summed E-state index contributed by atoms with van der Waals surface area (Å²) in [6.07, 6.45) is 1.19. The Kier molecular flexibility index (Phi) is 2.50. The molecule has 3 nitrogen and oxygen atoms in total. The molecule has 0 saturated heterocycles. The lowest BCUT2D eigenvalue weighted by Gasteiger charge is -2.13. The van der Waals surface area contributed by atoms with Crippen LogP contribution in [0.1, 0.15) is 17.2 Å². The Balaban J connectivity index is 2.21. The average molecular weight is 259 g/mol. The highest BCUT2D eigenvalue weighted by Crippen LogP contribution is 2.43. The fraction of sp³-hybridized carbons (Fsp3) is 0.143. The minimum Gasteiger partial charge on any atom is -0.213 e. The summed E-state index contributed by atoms with van der Waals surface area (Å²) < 4.78 is 25.7. The van der Waals surface area contributed by atoms with Gasteiger partial charge in [-0.2, -0.15) is 0 Å². The van der Waals surface area contributed by atoms with Gasteiger partial charge in [0.2, 0.25) is 10.0 Å². The normalized spacial score (nSPS) is 14.3. The first-order valence-electron chi connectivity index (χ1n) is 5.72. The first-order valence-corrected chi connectivity index (χ1v) is 7.61. The predicted octanol–water partition coefficient (Wildman–Crippen LogP) is 2.31. The third-order valence-corrected chi connectivity index (χ3v) is 3.83. The molecular formula is C14H13NO2S. The lowest BCUT2D eigenvalue weighted by molar-refractivity contribution is 0.580. The second kappa shape index (κ2) is 3.93. The lowest BCUT2D eigenvalue weighted by atomic mass is 10.1. The largest absolute Gasteiger partial charge is 0.213 e. The summed E-state index contributed by atoms with van der Waals surface area (Å²) in [4.78, 5) is 0. The van der Waals surface area contributed by atoms with Gasteiger partial charge in [0.1, 0.15) is 0 Å². The summed E-state index contributed by atoms with van der Waals surface area (Å²) in [6, 6.07) is 15.5. The monoisotopic (exact) mass is 259 g/mol. The highest BCUT2D eigenvalue weighted by molar-refractivity contribution is 7.88. The molecule has 4 heteroatoms. The summed E-state index contributed by atoms with van der Waals surface area (Å²) in [7, 11) is -3.24. The molecule has 0 bridgehead atoms. The van der Waals surface area contributed by atoms with E-state index in [1.807, 2.05) is 48.5 Å². The molecule has 0 fully saturated rings. The number of nitrogens with one attached hydrogen (secondary N) is 1. The van der Waals surface area contributed by atoms with Crippen LogP contribution >= 0.6 is 0 Å². The Hall–Kier alpha value is -1.65. The average Bonchev–Trinajstić information content (AvgIpc) is 2.64. The zero-order chi connectivity index (χ0) is 12.8. The van der Waals surface area contributed by atoms with E-state index in [2.05, 4.69) is 4.72 Å². The van der Waals surface area contributed by atoms with Gasteiger partial charge in [-0.15, -0.1) is 0 Å². The van der Waals surface area contributed by atoms with E-state index in [0.29, 0.717) is 0 Å². The molecule has 2 aromatic rings. The van der Waals surface area contributed by atoms with Crippen LogP contribution in [0.15, 0.2) is 48.5 Å². The van der Waals surface area contributed by atoms with Crippen LogP contribution in [-0.4, -0.2) is 14.7 Å². The summed E-state index contributed by atoms with van der Waals surface area (Å²) in [5.41, 5.74) is 4.25. The zero-order valence-corrected chi connectivity index (χ0v) is 10.7. The van der Waals surface area contributed by atoms with Crippen molar-refractivity contribution in [2.24, 2.45) is 0 Å². The zero-order valence-electron chi connectivity index (χ0n) is 9.92. The van der Waals surface area contributed by atoms with Gasteiger partial charge in [-0.3, -0.25) is 0 Å². The SMILES string of the molecule is CS(=O)(=O)NC1c2ccccc2-c2ccccc21. The fourth-order valence-electron chi connectivity index (χ4n) is 2.50. The van der Waals surface area contributed by atoms with Crippen molar-refractivity contribution in [3.05, 3.63) is 59.7 Å². The second-order valence-corrected chi connectivity index (χ2v) is 6.28. The number of benzene rings is 2. The van der Waals surface area contributed by atoms with Crippen molar-refractivity contribution < 1.29 is 8.42 Å². The molecule has 0 aromatic heterocycles. The molecule has 0 unspecified atom stereocenters. The van der Waals surface area contributed by atoms with Gasteiger partial charge in [-0.1, -0.05) is 48.5 Å². The summed E-state index contributed by atoms with van der Waals surface area (Å²) in [5.74, 6) is 0. The van der Waals surface area contributed by atoms with Crippen LogP contribution in [0.3, 0.4) is 0 Å². The highest BCUT2D eigenvalue weighted by atomic mass is 32.2. The van der Waals surface area contributed by atoms with Crippen molar-refractivity contribution in [1.82, 2.24) is 4.72 Å². The van der Waals surface area contributed by atoms with Crippen LogP contribution in [-0.2, 0) is 10.0 Å². The van der Waals surface area contributed by atoms with Gasteiger partial charge in [-0.05, 0) is 22.3 Å². The van der Waals surface area contributed by atoms with Crippen LogP contribution in [0.5, 0.6) is 0 Å². The molecule has 92 valence electrons. The third kappa shape index (κ3) is 1.83.